The second kappa shape index (κ2) is 22.2. The monoisotopic (exact) mass is 926 g/mol. The van der Waals surface area contributed by atoms with Gasteiger partial charge >= 0.3 is 0 Å². The second-order valence-electron chi connectivity index (χ2n) is 22.4. The predicted molar refractivity (Wildman–Crippen MR) is 364 cm³/mol. The van der Waals surface area contributed by atoms with Gasteiger partial charge in [-0.05, 0) is 235 Å². The lowest BCUT2D eigenvalue weighted by Gasteiger charge is -2.39. The van der Waals surface area contributed by atoms with Gasteiger partial charge in [0.15, 0.2) is 0 Å². The first kappa shape index (κ1) is 60.1. The highest BCUT2D eigenvalue weighted by atomic mass is 14.3. The largest absolute Gasteiger partial charge is 0.113 e. The van der Waals surface area contributed by atoms with Crippen molar-refractivity contribution >= 4 is 257 Å². The summed E-state index contributed by atoms with van der Waals surface area (Å²) in [6.07, 6.45) is -4.40. The van der Waals surface area contributed by atoms with Gasteiger partial charge in [-0.2, -0.15) is 0 Å². The van der Waals surface area contributed by atoms with Crippen LogP contribution < -0.4 is 43.2 Å². The Hall–Kier alpha value is -2.54. The lowest BCUT2D eigenvalue weighted by Crippen LogP contribution is -2.74. The third-order valence-corrected chi connectivity index (χ3v) is 18.8. The molecule has 325 valence electrons. The fourth-order valence-electron chi connectivity index (χ4n) is 13.8. The SMILES string of the molecule is [B][B]B(B([B])[B])c1c(B(B([B])[B])B([B])[B])c(C)c2c([B])c([B][B])c(-c3c4c(c(C)c5c(-c6c(C)c(C)c7c(C)c(C)c(C)c(C)c7c6C)c(C)c(C)c(C)c35)=C(C)C(C)C(C)C=4C)c(B([B])[B][B])c2c1B([B])B([B])[B]. The van der Waals surface area contributed by atoms with Gasteiger partial charge in [0.05, 0.1) is 33.1 Å². The molecule has 75 heavy (non-hydrogen) atoms. The minimum absolute atomic E-state index is 0.145. The topological polar surface area (TPSA) is 0 Å². The molecule has 0 saturated heterocycles. The average molecular weight is 921 g/mol. The highest BCUT2D eigenvalue weighted by Gasteiger charge is 2.39. The van der Waals surface area contributed by atoms with Crippen LogP contribution in [0.1, 0.15) is 94.5 Å². The van der Waals surface area contributed by atoms with E-state index in [0.29, 0.717) is 54.7 Å². The van der Waals surface area contributed by atoms with Crippen molar-refractivity contribution in [1.82, 2.24) is 0 Å². The summed E-state index contributed by atoms with van der Waals surface area (Å²) in [6, 6.07) is 0. The fraction of sp³-hybridized carbons (Fsp3) is 0.360. The first-order valence-corrected chi connectivity index (χ1v) is 26.4. The van der Waals surface area contributed by atoms with Crippen LogP contribution in [-0.4, -0.2) is 181 Å². The van der Waals surface area contributed by atoms with E-state index in [0.717, 1.165) is 32.7 Å². The molecule has 6 aromatic rings. The minimum atomic E-state index is -1.15. The van der Waals surface area contributed by atoms with Crippen molar-refractivity contribution < 1.29 is 0 Å². The van der Waals surface area contributed by atoms with Crippen LogP contribution in [0.3, 0.4) is 0 Å². The molecule has 1 aliphatic rings. The molecule has 0 N–H and O–H groups in total. The van der Waals surface area contributed by atoms with Gasteiger partial charge in [-0.3, -0.25) is 0 Å². The van der Waals surface area contributed by atoms with Crippen LogP contribution in [0.15, 0.2) is 0 Å². The maximum atomic E-state index is 7.78. The summed E-state index contributed by atoms with van der Waals surface area (Å²) in [5, 5.41) is 8.14. The molecule has 25 heteroatoms. The van der Waals surface area contributed by atoms with Crippen molar-refractivity contribution in [3.63, 3.8) is 0 Å². The van der Waals surface area contributed by atoms with E-state index >= 15 is 0 Å². The Morgan fingerprint density at radius 3 is 1.28 bits per heavy atom. The summed E-state index contributed by atoms with van der Waals surface area (Å²) in [4.78, 5) is 0. The number of hydrogen-bond acceptors (Lipinski definition) is 0. The molecule has 0 aromatic heterocycles. The Morgan fingerprint density at radius 1 is 0.360 bits per heavy atom. The first-order chi connectivity index (χ1) is 34.9. The van der Waals surface area contributed by atoms with Crippen molar-refractivity contribution in [2.75, 3.05) is 0 Å². The van der Waals surface area contributed by atoms with Crippen LogP contribution in [0.5, 0.6) is 0 Å². The molecule has 0 nitrogen and oxygen atoms in total. The van der Waals surface area contributed by atoms with Crippen molar-refractivity contribution in [2.24, 2.45) is 11.8 Å². The van der Waals surface area contributed by atoms with Gasteiger partial charge in [0.2, 0.25) is 0 Å². The van der Waals surface area contributed by atoms with E-state index in [9.17, 15) is 0 Å². The number of benzene rings is 6. The fourth-order valence-corrected chi connectivity index (χ4v) is 13.8. The van der Waals surface area contributed by atoms with E-state index in [1.54, 1.807) is 7.17 Å². The Balaban J connectivity index is 1.98. The molecule has 0 aliphatic heterocycles. The Kier molecular flexibility index (Phi) is 17.8. The summed E-state index contributed by atoms with van der Waals surface area (Å²) in [5.41, 5.74) is 23.6. The zero-order chi connectivity index (χ0) is 56.4. The number of hydrogen-bond donors (Lipinski definition) is 0. The normalized spacial score (nSPS) is 14.3. The number of rotatable bonds is 13. The van der Waals surface area contributed by atoms with Crippen molar-refractivity contribution in [3.8, 4) is 22.3 Å². The molecule has 6 aromatic carbocycles. The summed E-state index contributed by atoms with van der Waals surface area (Å²) >= 11 is 0. The van der Waals surface area contributed by atoms with Gasteiger partial charge in [-0.15, -0.1) is 10.9 Å². The molecule has 0 heterocycles. The Morgan fingerprint density at radius 2 is 0.813 bits per heavy atom. The van der Waals surface area contributed by atoms with Gasteiger partial charge in [-0.1, -0.05) is 52.4 Å². The van der Waals surface area contributed by atoms with Gasteiger partial charge in [0, 0.05) is 140 Å². The third-order valence-electron chi connectivity index (χ3n) is 18.8. The van der Waals surface area contributed by atoms with E-state index in [1.165, 1.54) is 102 Å². The molecule has 1 aliphatic carbocycles. The van der Waals surface area contributed by atoms with Crippen molar-refractivity contribution in [1.29, 1.82) is 0 Å². The van der Waals surface area contributed by atoms with E-state index in [-0.39, 0.29) is 11.8 Å². The predicted octanol–water partition coefficient (Wildman–Crippen LogP) is -1.66. The van der Waals surface area contributed by atoms with Crippen LogP contribution in [0.2, 0.25) is 0 Å². The maximum Gasteiger partial charge on any atom is 0.113 e. The molecular formula is C50H50B25. The van der Waals surface area contributed by atoms with Gasteiger partial charge in [-0.25, -0.2) is 0 Å². The van der Waals surface area contributed by atoms with Gasteiger partial charge in [0.1, 0.15) is 7.85 Å². The van der Waals surface area contributed by atoms with E-state index in [4.69, 9.17) is 108 Å². The lowest BCUT2D eigenvalue weighted by molar-refractivity contribution is 0.570. The maximum absolute atomic E-state index is 7.78. The van der Waals surface area contributed by atoms with Crippen LogP contribution in [0, 0.1) is 94.9 Å². The van der Waals surface area contributed by atoms with Crippen LogP contribution in [0.4, 0.5) is 0 Å². The van der Waals surface area contributed by atoms with Crippen LogP contribution in [0.25, 0.3) is 65.7 Å². The first-order valence-electron chi connectivity index (χ1n) is 26.4. The number of aryl methyl sites for hydroxylation is 7. The zero-order valence-corrected chi connectivity index (χ0v) is 47.6. The summed E-state index contributed by atoms with van der Waals surface area (Å²) in [7, 11) is 101. The van der Waals surface area contributed by atoms with Crippen LogP contribution in [-0.2, 0) is 0 Å². The third kappa shape index (κ3) is 9.03. The quantitative estimate of drug-likeness (QED) is 0.122. The average Bonchev–Trinajstić information content (AvgIpc) is 3.35. The molecule has 7 rings (SSSR count). The van der Waals surface area contributed by atoms with E-state index < -0.39 is 51.5 Å². The lowest BCUT2D eigenvalue weighted by atomic mass is 8.70. The Labute approximate surface area is 476 Å². The second-order valence-corrected chi connectivity index (χ2v) is 22.4. The molecule has 0 amide bonds. The Bertz CT molecular complexity index is 3500. The molecule has 31 radical (unpaired) electrons. The zero-order valence-electron chi connectivity index (χ0n) is 47.6. The van der Waals surface area contributed by atoms with E-state index in [2.05, 4.69) is 104 Å². The minimum Gasteiger partial charge on any atom is -0.112 e. The summed E-state index contributed by atoms with van der Waals surface area (Å²) in [6.45, 7) is 32.1. The molecule has 2 atom stereocenters. The van der Waals surface area contributed by atoms with Gasteiger partial charge in [0.25, 0.3) is 0 Å². The highest BCUT2D eigenvalue weighted by molar-refractivity contribution is 7.85. The summed E-state index contributed by atoms with van der Waals surface area (Å²) < 4.78 is 0. The van der Waals surface area contributed by atoms with Crippen molar-refractivity contribution in [3.05, 3.63) is 77.2 Å². The smallest absolute Gasteiger partial charge is 0.112 e. The highest BCUT2D eigenvalue weighted by Crippen LogP contribution is 2.48. The van der Waals surface area contributed by atoms with Crippen LogP contribution >= 0.6 is 0 Å². The molecule has 0 fully saturated rings. The number of fused-ring (bicyclic) bond motifs is 4. The molecule has 0 bridgehead atoms. The molecule has 2 unspecified atom stereocenters. The summed E-state index contributed by atoms with van der Waals surface area (Å²) in [5.74, 6) is 0.355. The van der Waals surface area contributed by atoms with Crippen molar-refractivity contribution in [2.45, 2.75) is 111 Å². The molecule has 0 saturated carbocycles. The van der Waals surface area contributed by atoms with E-state index in [1.807, 2.05) is 6.92 Å². The molecular weight excluding hydrogens is 871 g/mol. The standard InChI is InChI=1S/C50H50B25/c1-17-18(2)23(7)34-30(14)36(29(13)28(12)33(34)22(17)6)37-26(10)21(5)27(11)39-40(37)31(15)35-24(8)19(3)20(4)25(9)38(35)42(39)43-46(65-52)45(51)41-32(16)47(71(74(61)62)75(63)64)50(70(67-54)73(59)60)49(69(56)72(57)58)44(41)48(43)68(55)66-53/h19-20H,1-16H3. The van der Waals surface area contributed by atoms with Gasteiger partial charge < -0.3 is 0 Å². The molecule has 0 spiro atoms.